The average Bonchev–Trinajstić information content (AvgIpc) is 3.30. The van der Waals surface area contributed by atoms with Gasteiger partial charge in [0.05, 0.1) is 17.4 Å². The summed E-state index contributed by atoms with van der Waals surface area (Å²) in [7, 11) is -2.05. The summed E-state index contributed by atoms with van der Waals surface area (Å²) in [4.78, 5) is 0.271. The van der Waals surface area contributed by atoms with Gasteiger partial charge >= 0.3 is 0 Å². The summed E-state index contributed by atoms with van der Waals surface area (Å²) in [5.74, 6) is 2.10. The van der Waals surface area contributed by atoms with Gasteiger partial charge in [-0.15, -0.1) is 11.8 Å². The van der Waals surface area contributed by atoms with E-state index in [2.05, 4.69) is 0 Å². The Morgan fingerprint density at radius 3 is 2.47 bits per heavy atom. The highest BCUT2D eigenvalue weighted by Crippen LogP contribution is 2.42. The van der Waals surface area contributed by atoms with Crippen LogP contribution in [0.5, 0.6) is 11.5 Å². The molecule has 4 rings (SSSR count). The van der Waals surface area contributed by atoms with Crippen molar-refractivity contribution < 1.29 is 17.9 Å². The molecule has 1 unspecified atom stereocenters. The molecule has 1 saturated heterocycles. The molecule has 7 heteroatoms. The third-order valence-corrected chi connectivity index (χ3v) is 8.18. The summed E-state index contributed by atoms with van der Waals surface area (Å²) in [6.45, 7) is 0.939. The molecule has 0 radical (unpaired) electrons. The third-order valence-electron chi connectivity index (χ3n) is 4.91. The standard InChI is InChI=1S/C23H23NO4S2/c1-27-20-10-12-22(13-11-20)30(25,26)24-14-15-29-23(24)19-8-5-9-21(16-19)28-17-18-6-3-2-4-7-18/h2-13,16,23H,14-15,17H2,1H3. The smallest absolute Gasteiger partial charge is 0.244 e. The maximum Gasteiger partial charge on any atom is 0.244 e. The van der Waals surface area contributed by atoms with Crippen LogP contribution in [0.15, 0.2) is 83.8 Å². The number of methoxy groups -OCH3 is 1. The second kappa shape index (κ2) is 9.12. The van der Waals surface area contributed by atoms with Crippen molar-refractivity contribution in [3.63, 3.8) is 0 Å². The third kappa shape index (κ3) is 4.48. The number of rotatable bonds is 7. The highest BCUT2D eigenvalue weighted by molar-refractivity contribution is 8.01. The molecule has 0 spiro atoms. The first-order chi connectivity index (χ1) is 14.6. The molecule has 1 aliphatic heterocycles. The zero-order chi connectivity index (χ0) is 21.0. The zero-order valence-electron chi connectivity index (χ0n) is 16.6. The van der Waals surface area contributed by atoms with Crippen LogP contribution in [0, 0.1) is 0 Å². The van der Waals surface area contributed by atoms with E-state index in [1.165, 1.54) is 0 Å². The molecule has 0 N–H and O–H groups in total. The van der Waals surface area contributed by atoms with Crippen LogP contribution in [-0.4, -0.2) is 32.1 Å². The highest BCUT2D eigenvalue weighted by Gasteiger charge is 2.37. The molecule has 1 fully saturated rings. The lowest BCUT2D eigenvalue weighted by Crippen LogP contribution is -2.30. The van der Waals surface area contributed by atoms with Crippen molar-refractivity contribution in [1.82, 2.24) is 4.31 Å². The van der Waals surface area contributed by atoms with E-state index in [0.717, 1.165) is 22.6 Å². The van der Waals surface area contributed by atoms with Crippen molar-refractivity contribution >= 4 is 21.8 Å². The fourth-order valence-corrected chi connectivity index (χ4v) is 6.58. The lowest BCUT2D eigenvalue weighted by molar-refractivity contribution is 0.305. The van der Waals surface area contributed by atoms with Crippen LogP contribution in [0.2, 0.25) is 0 Å². The van der Waals surface area contributed by atoms with Crippen molar-refractivity contribution in [3.05, 3.63) is 90.0 Å². The average molecular weight is 442 g/mol. The number of hydrogen-bond acceptors (Lipinski definition) is 5. The Kier molecular flexibility index (Phi) is 6.32. The number of nitrogens with zero attached hydrogens (tertiary/aromatic N) is 1. The van der Waals surface area contributed by atoms with E-state index in [-0.39, 0.29) is 10.3 Å². The lowest BCUT2D eigenvalue weighted by atomic mass is 10.2. The Morgan fingerprint density at radius 1 is 0.967 bits per heavy atom. The summed E-state index contributed by atoms with van der Waals surface area (Å²) in [5.41, 5.74) is 2.00. The highest BCUT2D eigenvalue weighted by atomic mass is 32.2. The summed E-state index contributed by atoms with van der Waals surface area (Å²) >= 11 is 1.62. The Balaban J connectivity index is 1.54. The topological polar surface area (TPSA) is 55.8 Å². The maximum absolute atomic E-state index is 13.3. The molecule has 1 heterocycles. The van der Waals surface area contributed by atoms with Crippen LogP contribution in [0.3, 0.4) is 0 Å². The molecular weight excluding hydrogens is 418 g/mol. The largest absolute Gasteiger partial charge is 0.497 e. The van der Waals surface area contributed by atoms with Gasteiger partial charge in [-0.3, -0.25) is 0 Å². The molecule has 30 heavy (non-hydrogen) atoms. The van der Waals surface area contributed by atoms with Gasteiger partial charge in [-0.1, -0.05) is 42.5 Å². The Hall–Kier alpha value is -2.48. The molecule has 156 valence electrons. The molecule has 0 aliphatic carbocycles. The van der Waals surface area contributed by atoms with Gasteiger partial charge in [0, 0.05) is 12.3 Å². The summed E-state index contributed by atoms with van der Waals surface area (Å²) in [6.07, 6.45) is 0. The second-order valence-corrected chi connectivity index (χ2v) is 9.94. The van der Waals surface area contributed by atoms with Gasteiger partial charge in [0.1, 0.15) is 18.1 Å². The monoisotopic (exact) mass is 441 g/mol. The van der Waals surface area contributed by atoms with E-state index >= 15 is 0 Å². The van der Waals surface area contributed by atoms with Gasteiger partial charge in [0.2, 0.25) is 10.0 Å². The van der Waals surface area contributed by atoms with E-state index in [1.807, 2.05) is 54.6 Å². The van der Waals surface area contributed by atoms with Gasteiger partial charge in [-0.2, -0.15) is 4.31 Å². The molecule has 3 aromatic carbocycles. The van der Waals surface area contributed by atoms with Gasteiger partial charge in [0.15, 0.2) is 0 Å². The van der Waals surface area contributed by atoms with Gasteiger partial charge in [0.25, 0.3) is 0 Å². The SMILES string of the molecule is COc1ccc(S(=O)(=O)N2CCSC2c2cccc(OCc3ccccc3)c2)cc1. The number of hydrogen-bond donors (Lipinski definition) is 0. The van der Waals surface area contributed by atoms with Gasteiger partial charge in [-0.05, 0) is 47.5 Å². The minimum atomic E-state index is -3.61. The van der Waals surface area contributed by atoms with Crippen LogP contribution >= 0.6 is 11.8 Å². The fraction of sp³-hybridized carbons (Fsp3) is 0.217. The lowest BCUT2D eigenvalue weighted by Gasteiger charge is -2.24. The minimum absolute atomic E-state index is 0.271. The van der Waals surface area contributed by atoms with Crippen LogP contribution in [0.1, 0.15) is 16.5 Å². The first-order valence-corrected chi connectivity index (χ1v) is 12.1. The predicted octanol–water partition coefficient (Wildman–Crippen LogP) is 4.71. The molecule has 1 aliphatic rings. The number of ether oxygens (including phenoxy) is 2. The molecule has 1 atom stereocenters. The molecule has 0 bridgehead atoms. The van der Waals surface area contributed by atoms with E-state index < -0.39 is 10.0 Å². The Morgan fingerprint density at radius 2 is 1.73 bits per heavy atom. The van der Waals surface area contributed by atoms with Crippen LogP contribution in [0.25, 0.3) is 0 Å². The minimum Gasteiger partial charge on any atom is -0.497 e. The predicted molar refractivity (Wildman–Crippen MR) is 119 cm³/mol. The van der Waals surface area contributed by atoms with Crippen molar-refractivity contribution in [2.75, 3.05) is 19.4 Å². The van der Waals surface area contributed by atoms with E-state index in [1.54, 1.807) is 47.4 Å². The number of sulfonamides is 1. The first-order valence-electron chi connectivity index (χ1n) is 9.62. The molecule has 0 aromatic heterocycles. The molecule has 0 saturated carbocycles. The molecular formula is C23H23NO4S2. The van der Waals surface area contributed by atoms with Crippen LogP contribution in [0.4, 0.5) is 0 Å². The van der Waals surface area contributed by atoms with Gasteiger partial charge < -0.3 is 9.47 Å². The molecule has 0 amide bonds. The second-order valence-electron chi connectivity index (χ2n) is 6.86. The van der Waals surface area contributed by atoms with Crippen molar-refractivity contribution in [2.24, 2.45) is 0 Å². The van der Waals surface area contributed by atoms with Crippen molar-refractivity contribution in [2.45, 2.75) is 16.9 Å². The quantitative estimate of drug-likeness (QED) is 0.531. The molecule has 3 aromatic rings. The summed E-state index contributed by atoms with van der Waals surface area (Å²) in [5, 5.41) is -0.280. The van der Waals surface area contributed by atoms with Crippen molar-refractivity contribution in [1.29, 1.82) is 0 Å². The first kappa shape index (κ1) is 20.8. The van der Waals surface area contributed by atoms with Crippen molar-refractivity contribution in [3.8, 4) is 11.5 Å². The summed E-state index contributed by atoms with van der Waals surface area (Å²) < 4.78 is 39.1. The van der Waals surface area contributed by atoms with Gasteiger partial charge in [-0.25, -0.2) is 8.42 Å². The summed E-state index contributed by atoms with van der Waals surface area (Å²) in [6, 6.07) is 24.2. The maximum atomic E-state index is 13.3. The normalized spacial score (nSPS) is 17.0. The Bertz CT molecular complexity index is 1090. The fourth-order valence-electron chi connectivity index (χ4n) is 3.35. The molecule has 5 nitrogen and oxygen atoms in total. The zero-order valence-corrected chi connectivity index (χ0v) is 18.2. The van der Waals surface area contributed by atoms with E-state index in [0.29, 0.717) is 18.9 Å². The van der Waals surface area contributed by atoms with E-state index in [4.69, 9.17) is 9.47 Å². The van der Waals surface area contributed by atoms with E-state index in [9.17, 15) is 8.42 Å². The Labute approximate surface area is 181 Å². The van der Waals surface area contributed by atoms with Crippen LogP contribution in [-0.2, 0) is 16.6 Å². The van der Waals surface area contributed by atoms with Crippen LogP contribution < -0.4 is 9.47 Å². The number of benzene rings is 3. The number of thioether (sulfide) groups is 1.